The van der Waals surface area contributed by atoms with Crippen molar-refractivity contribution in [3.05, 3.63) is 69.8 Å². The first-order chi connectivity index (χ1) is 19.9. The van der Waals surface area contributed by atoms with E-state index in [1.54, 1.807) is 34.1 Å². The minimum Gasteiger partial charge on any atom is -0.496 e. The number of aromatic nitrogens is 4. The van der Waals surface area contributed by atoms with Crippen LogP contribution in [0.25, 0.3) is 11.0 Å². The van der Waals surface area contributed by atoms with Crippen molar-refractivity contribution in [3.63, 3.8) is 0 Å². The van der Waals surface area contributed by atoms with Gasteiger partial charge in [0.25, 0.3) is 0 Å². The van der Waals surface area contributed by atoms with Crippen LogP contribution in [0.4, 0.5) is 5.95 Å². The molecule has 4 rings (SSSR count). The fourth-order valence-corrected chi connectivity index (χ4v) is 4.61. The Morgan fingerprint density at radius 1 is 1.14 bits per heavy atom. The Labute approximate surface area is 250 Å². The van der Waals surface area contributed by atoms with Crippen molar-refractivity contribution >= 4 is 34.6 Å². The van der Waals surface area contributed by atoms with Crippen LogP contribution in [0.1, 0.15) is 55.1 Å². The summed E-state index contributed by atoms with van der Waals surface area (Å²) in [7, 11) is 1.65. The van der Waals surface area contributed by atoms with Crippen molar-refractivity contribution in [1.29, 1.82) is 0 Å². The SMILES string of the molecule is COc1c(C)cnc(Cn2cc(C#Cc3ccc(OCC[C@H](N)C(=O)OC(C)(C)C)cc3)c3c(Cl)nc(N)nc32)c1C. The second kappa shape index (κ2) is 12.7. The van der Waals surface area contributed by atoms with E-state index in [-0.39, 0.29) is 17.7 Å². The van der Waals surface area contributed by atoms with Crippen molar-refractivity contribution in [1.82, 2.24) is 19.5 Å². The zero-order valence-electron chi connectivity index (χ0n) is 24.6. The number of esters is 1. The molecule has 0 fully saturated rings. The molecule has 0 saturated carbocycles. The third kappa shape index (κ3) is 7.29. The predicted octanol–water partition coefficient (Wildman–Crippen LogP) is 4.57. The Balaban J connectivity index is 1.51. The van der Waals surface area contributed by atoms with E-state index in [0.29, 0.717) is 35.3 Å². The molecule has 42 heavy (non-hydrogen) atoms. The standard InChI is InChI=1S/C31H35ClN6O4/c1-18-15-35-24(19(2)26(18)40-6)17-38-16-21(25-27(32)36-30(34)37-28(25)38)10-7-20-8-11-22(12-9-20)41-14-13-23(33)29(39)42-31(3,4)5/h8-9,11-12,15-16,23H,13-14,17,33H2,1-6H3,(H2,34,36,37)/t23-/m0/s1. The molecular formula is C31H35ClN6O4. The number of benzene rings is 1. The number of halogens is 1. The van der Waals surface area contributed by atoms with Gasteiger partial charge in [0.2, 0.25) is 5.95 Å². The average Bonchev–Trinajstić information content (AvgIpc) is 3.26. The van der Waals surface area contributed by atoms with E-state index >= 15 is 0 Å². The third-order valence-electron chi connectivity index (χ3n) is 6.36. The van der Waals surface area contributed by atoms with E-state index in [2.05, 4.69) is 26.8 Å². The Bertz CT molecular complexity index is 1670. The van der Waals surface area contributed by atoms with Gasteiger partial charge in [-0.3, -0.25) is 9.78 Å². The van der Waals surface area contributed by atoms with Crippen LogP contribution in [0, 0.1) is 25.7 Å². The normalized spacial score (nSPS) is 12.0. The zero-order chi connectivity index (χ0) is 30.6. The van der Waals surface area contributed by atoms with E-state index < -0.39 is 17.6 Å². The predicted molar refractivity (Wildman–Crippen MR) is 163 cm³/mol. The number of nitrogen functional groups attached to an aromatic ring is 1. The number of hydrogen-bond acceptors (Lipinski definition) is 9. The lowest BCUT2D eigenvalue weighted by molar-refractivity contribution is -0.156. The highest BCUT2D eigenvalue weighted by molar-refractivity contribution is 6.34. The Kier molecular flexibility index (Phi) is 9.24. The topological polar surface area (TPSA) is 140 Å². The lowest BCUT2D eigenvalue weighted by Gasteiger charge is -2.22. The molecule has 0 aliphatic heterocycles. The summed E-state index contributed by atoms with van der Waals surface area (Å²) in [5, 5.41) is 0.830. The van der Waals surface area contributed by atoms with Gasteiger partial charge < -0.3 is 30.2 Å². The van der Waals surface area contributed by atoms with E-state index in [1.165, 1.54) is 0 Å². The molecule has 3 aromatic heterocycles. The van der Waals surface area contributed by atoms with Gasteiger partial charge in [-0.15, -0.1) is 0 Å². The second-order valence-corrected chi connectivity index (χ2v) is 11.2. The van der Waals surface area contributed by atoms with E-state index in [1.807, 2.05) is 48.9 Å². The van der Waals surface area contributed by atoms with Crippen LogP contribution in [0.3, 0.4) is 0 Å². The van der Waals surface area contributed by atoms with Gasteiger partial charge in [0.1, 0.15) is 33.9 Å². The number of nitrogens with two attached hydrogens (primary N) is 2. The molecular weight excluding hydrogens is 556 g/mol. The molecule has 0 radical (unpaired) electrons. The highest BCUT2D eigenvalue weighted by atomic mass is 35.5. The van der Waals surface area contributed by atoms with Gasteiger partial charge >= 0.3 is 5.97 Å². The number of methoxy groups -OCH3 is 1. The number of rotatable bonds is 8. The Morgan fingerprint density at radius 3 is 2.52 bits per heavy atom. The second-order valence-electron chi connectivity index (χ2n) is 10.8. The molecule has 3 heterocycles. The number of pyridine rings is 1. The molecule has 4 aromatic rings. The van der Waals surface area contributed by atoms with Crippen LogP contribution >= 0.6 is 11.6 Å². The van der Waals surface area contributed by atoms with Gasteiger partial charge in [-0.2, -0.15) is 4.98 Å². The molecule has 11 heteroatoms. The van der Waals surface area contributed by atoms with Crippen molar-refractivity contribution in [3.8, 4) is 23.3 Å². The van der Waals surface area contributed by atoms with E-state index in [0.717, 1.165) is 28.1 Å². The lowest BCUT2D eigenvalue weighted by Crippen LogP contribution is -2.38. The molecule has 0 saturated heterocycles. The summed E-state index contributed by atoms with van der Waals surface area (Å²) in [6.45, 7) is 10.0. The molecule has 0 bridgehead atoms. The monoisotopic (exact) mass is 590 g/mol. The summed E-state index contributed by atoms with van der Waals surface area (Å²) in [5.74, 6) is 7.41. The van der Waals surface area contributed by atoms with Gasteiger partial charge in [0, 0.05) is 35.5 Å². The smallest absolute Gasteiger partial charge is 0.323 e. The summed E-state index contributed by atoms with van der Waals surface area (Å²) in [5.41, 5.74) is 16.0. The molecule has 0 unspecified atom stereocenters. The van der Waals surface area contributed by atoms with Gasteiger partial charge in [-0.05, 0) is 58.9 Å². The quantitative estimate of drug-likeness (QED) is 0.171. The summed E-state index contributed by atoms with van der Waals surface area (Å²) in [4.78, 5) is 25.2. The first kappa shape index (κ1) is 30.6. The largest absolute Gasteiger partial charge is 0.496 e. The van der Waals surface area contributed by atoms with Gasteiger partial charge in [0.05, 0.1) is 36.9 Å². The average molecular weight is 591 g/mol. The number of aryl methyl sites for hydroxylation is 1. The van der Waals surface area contributed by atoms with Crippen molar-refractivity contribution in [2.45, 2.75) is 59.2 Å². The van der Waals surface area contributed by atoms with Gasteiger partial charge in [-0.25, -0.2) is 4.98 Å². The maximum Gasteiger partial charge on any atom is 0.323 e. The maximum atomic E-state index is 12.1. The van der Waals surface area contributed by atoms with Crippen molar-refractivity contribution in [2.75, 3.05) is 19.5 Å². The third-order valence-corrected chi connectivity index (χ3v) is 6.64. The molecule has 1 atom stereocenters. The van der Waals surface area contributed by atoms with E-state index in [9.17, 15) is 4.79 Å². The molecule has 0 aliphatic rings. The number of hydrogen-bond donors (Lipinski definition) is 2. The maximum absolute atomic E-state index is 12.1. The van der Waals surface area contributed by atoms with E-state index in [4.69, 9.17) is 37.3 Å². The van der Waals surface area contributed by atoms with Gasteiger partial charge in [0.15, 0.2) is 0 Å². The fraction of sp³-hybridized carbons (Fsp3) is 0.355. The molecule has 0 spiro atoms. The van der Waals surface area contributed by atoms with Crippen LogP contribution in [0.5, 0.6) is 11.5 Å². The summed E-state index contributed by atoms with van der Waals surface area (Å²) >= 11 is 6.51. The fourth-order valence-electron chi connectivity index (χ4n) is 4.34. The van der Waals surface area contributed by atoms with Gasteiger partial charge in [-0.1, -0.05) is 23.4 Å². The lowest BCUT2D eigenvalue weighted by atomic mass is 10.1. The van der Waals surface area contributed by atoms with Crippen molar-refractivity contribution < 1.29 is 19.0 Å². The number of anilines is 1. The Hall–Kier alpha value is -4.33. The van der Waals surface area contributed by atoms with Crippen LogP contribution in [0.2, 0.25) is 5.15 Å². The number of carbonyl (C=O) groups excluding carboxylic acids is 1. The molecule has 0 aliphatic carbocycles. The molecule has 0 amide bonds. The number of nitrogens with zero attached hydrogens (tertiary/aromatic N) is 4. The highest BCUT2D eigenvalue weighted by Gasteiger charge is 2.22. The minimum absolute atomic E-state index is 0.0696. The zero-order valence-corrected chi connectivity index (χ0v) is 25.4. The molecule has 220 valence electrons. The van der Waals surface area contributed by atoms with Crippen LogP contribution in [-0.4, -0.2) is 50.8 Å². The first-order valence-corrected chi connectivity index (χ1v) is 13.8. The summed E-state index contributed by atoms with van der Waals surface area (Å²) < 4.78 is 18.5. The van der Waals surface area contributed by atoms with Crippen molar-refractivity contribution in [2.24, 2.45) is 5.73 Å². The van der Waals surface area contributed by atoms with Crippen LogP contribution in [0.15, 0.2) is 36.7 Å². The summed E-state index contributed by atoms with van der Waals surface area (Å²) in [6.07, 6.45) is 3.99. The molecule has 10 nitrogen and oxygen atoms in total. The number of ether oxygens (including phenoxy) is 3. The summed E-state index contributed by atoms with van der Waals surface area (Å²) in [6, 6.07) is 6.55. The van der Waals surface area contributed by atoms with Crippen LogP contribution < -0.4 is 20.9 Å². The molecule has 4 N–H and O–H groups in total. The minimum atomic E-state index is -0.754. The Morgan fingerprint density at radius 2 is 1.86 bits per heavy atom. The number of fused-ring (bicyclic) bond motifs is 1. The highest BCUT2D eigenvalue weighted by Crippen LogP contribution is 2.29. The molecule has 1 aromatic carbocycles. The number of carbonyl (C=O) groups is 1. The van der Waals surface area contributed by atoms with Crippen LogP contribution in [-0.2, 0) is 16.1 Å². The first-order valence-electron chi connectivity index (χ1n) is 13.4.